The Kier molecular flexibility index (Phi) is 4.69. The fourth-order valence-electron chi connectivity index (χ4n) is 2.56. The quantitative estimate of drug-likeness (QED) is 0.774. The summed E-state index contributed by atoms with van der Waals surface area (Å²) < 4.78 is 0. The van der Waals surface area contributed by atoms with E-state index in [0.717, 1.165) is 31.0 Å². The van der Waals surface area contributed by atoms with Gasteiger partial charge in [-0.25, -0.2) is 0 Å². The third kappa shape index (κ3) is 3.07. The Hall–Kier alpha value is -0.970. The molecule has 0 spiro atoms. The second kappa shape index (κ2) is 6.27. The molecule has 18 heavy (non-hydrogen) atoms. The van der Waals surface area contributed by atoms with E-state index in [9.17, 15) is 14.7 Å². The Morgan fingerprint density at radius 2 is 1.83 bits per heavy atom. The van der Waals surface area contributed by atoms with Crippen LogP contribution in [0.3, 0.4) is 0 Å². The molecule has 0 bridgehead atoms. The average molecular weight is 269 g/mol. The van der Waals surface area contributed by atoms with Crippen LogP contribution in [-0.2, 0) is 9.59 Å². The first-order valence-electron chi connectivity index (χ1n) is 6.44. The van der Waals surface area contributed by atoms with Crippen molar-refractivity contribution in [3.63, 3.8) is 0 Å². The SMILES string of the molecule is O=C(O)C1CC=CCC1C(=O)N1CCCSCC1. The van der Waals surface area contributed by atoms with Crippen molar-refractivity contribution in [3.05, 3.63) is 12.2 Å². The number of carboxylic acid groups (broad SMARTS) is 1. The van der Waals surface area contributed by atoms with Crippen LogP contribution in [0.1, 0.15) is 19.3 Å². The number of thioether (sulfide) groups is 1. The third-order valence-corrected chi connectivity index (χ3v) is 4.65. The number of hydrogen-bond acceptors (Lipinski definition) is 3. The lowest BCUT2D eigenvalue weighted by Crippen LogP contribution is -2.42. The van der Waals surface area contributed by atoms with Crippen molar-refractivity contribution < 1.29 is 14.7 Å². The van der Waals surface area contributed by atoms with E-state index < -0.39 is 11.9 Å². The smallest absolute Gasteiger partial charge is 0.307 e. The number of amides is 1. The molecule has 2 aliphatic rings. The number of nitrogens with zero attached hydrogens (tertiary/aromatic N) is 1. The van der Waals surface area contributed by atoms with Gasteiger partial charge in [0.25, 0.3) is 0 Å². The Morgan fingerprint density at radius 1 is 1.11 bits per heavy atom. The van der Waals surface area contributed by atoms with Crippen LogP contribution >= 0.6 is 11.8 Å². The number of hydrogen-bond donors (Lipinski definition) is 1. The van der Waals surface area contributed by atoms with Gasteiger partial charge >= 0.3 is 5.97 Å². The molecule has 2 atom stereocenters. The lowest BCUT2D eigenvalue weighted by atomic mass is 9.82. The molecular formula is C13H19NO3S. The van der Waals surface area contributed by atoms with Gasteiger partial charge in [0.05, 0.1) is 11.8 Å². The zero-order valence-corrected chi connectivity index (χ0v) is 11.2. The van der Waals surface area contributed by atoms with E-state index in [4.69, 9.17) is 0 Å². The largest absolute Gasteiger partial charge is 0.481 e. The maximum absolute atomic E-state index is 12.4. The first-order valence-corrected chi connectivity index (χ1v) is 7.60. The summed E-state index contributed by atoms with van der Waals surface area (Å²) in [7, 11) is 0. The van der Waals surface area contributed by atoms with Crippen molar-refractivity contribution in [2.24, 2.45) is 11.8 Å². The van der Waals surface area contributed by atoms with Crippen LogP contribution in [-0.4, -0.2) is 46.5 Å². The van der Waals surface area contributed by atoms with E-state index in [1.807, 2.05) is 28.8 Å². The Balaban J connectivity index is 2.05. The van der Waals surface area contributed by atoms with Crippen molar-refractivity contribution in [1.82, 2.24) is 4.90 Å². The molecule has 0 radical (unpaired) electrons. The molecule has 1 aliphatic carbocycles. The van der Waals surface area contributed by atoms with Gasteiger partial charge in [-0.15, -0.1) is 0 Å². The summed E-state index contributed by atoms with van der Waals surface area (Å²) in [5, 5.41) is 9.20. The van der Waals surface area contributed by atoms with Crippen molar-refractivity contribution in [3.8, 4) is 0 Å². The lowest BCUT2D eigenvalue weighted by Gasteiger charge is -2.30. The van der Waals surface area contributed by atoms with E-state index in [-0.39, 0.29) is 11.8 Å². The topological polar surface area (TPSA) is 57.6 Å². The summed E-state index contributed by atoms with van der Waals surface area (Å²) in [5.74, 6) is 0.341. The molecule has 1 saturated heterocycles. The summed E-state index contributed by atoms with van der Waals surface area (Å²) in [6, 6.07) is 0. The highest BCUT2D eigenvalue weighted by Gasteiger charge is 2.36. The van der Waals surface area contributed by atoms with Gasteiger partial charge in [-0.1, -0.05) is 12.2 Å². The van der Waals surface area contributed by atoms with Gasteiger partial charge in [0.1, 0.15) is 0 Å². The van der Waals surface area contributed by atoms with Gasteiger partial charge in [0, 0.05) is 18.8 Å². The van der Waals surface area contributed by atoms with Gasteiger partial charge in [-0.3, -0.25) is 9.59 Å². The standard InChI is InChI=1S/C13H19NO3S/c15-12(14-6-3-8-18-9-7-14)10-4-1-2-5-11(10)13(16)17/h1-2,10-11H,3-9H2,(H,16,17). The summed E-state index contributed by atoms with van der Waals surface area (Å²) in [6.07, 6.45) is 5.87. The van der Waals surface area contributed by atoms with Gasteiger partial charge < -0.3 is 10.0 Å². The van der Waals surface area contributed by atoms with E-state index in [1.165, 1.54) is 0 Å². The molecule has 1 heterocycles. The molecule has 100 valence electrons. The van der Waals surface area contributed by atoms with E-state index in [1.54, 1.807) is 0 Å². The van der Waals surface area contributed by atoms with E-state index in [2.05, 4.69) is 0 Å². The van der Waals surface area contributed by atoms with Crippen LogP contribution in [0.5, 0.6) is 0 Å². The molecular weight excluding hydrogens is 250 g/mol. The summed E-state index contributed by atoms with van der Waals surface area (Å²) in [5.41, 5.74) is 0. The van der Waals surface area contributed by atoms with Gasteiger partial charge in [-0.2, -0.15) is 11.8 Å². The second-order valence-corrected chi connectivity index (χ2v) is 6.01. The molecule has 1 fully saturated rings. The van der Waals surface area contributed by atoms with Gasteiger partial charge in [-0.05, 0) is 25.0 Å². The monoisotopic (exact) mass is 269 g/mol. The number of carbonyl (C=O) groups is 2. The van der Waals surface area contributed by atoms with Crippen LogP contribution in [0.2, 0.25) is 0 Å². The number of carbonyl (C=O) groups excluding carboxylic acids is 1. The van der Waals surface area contributed by atoms with E-state index >= 15 is 0 Å². The highest BCUT2D eigenvalue weighted by atomic mass is 32.2. The number of carboxylic acids is 1. The van der Waals surface area contributed by atoms with Crippen LogP contribution in [0, 0.1) is 11.8 Å². The van der Waals surface area contributed by atoms with Crippen LogP contribution < -0.4 is 0 Å². The maximum Gasteiger partial charge on any atom is 0.307 e. The van der Waals surface area contributed by atoms with Crippen LogP contribution in [0.15, 0.2) is 12.2 Å². The van der Waals surface area contributed by atoms with Crippen molar-refractivity contribution >= 4 is 23.6 Å². The minimum Gasteiger partial charge on any atom is -0.481 e. The molecule has 1 aliphatic heterocycles. The van der Waals surface area contributed by atoms with Crippen LogP contribution in [0.25, 0.3) is 0 Å². The van der Waals surface area contributed by atoms with Crippen LogP contribution in [0.4, 0.5) is 0 Å². The predicted molar refractivity (Wildman–Crippen MR) is 71.5 cm³/mol. The first kappa shape index (κ1) is 13.5. The van der Waals surface area contributed by atoms with Crippen molar-refractivity contribution in [1.29, 1.82) is 0 Å². The minimum absolute atomic E-state index is 0.0363. The second-order valence-electron chi connectivity index (χ2n) is 4.79. The van der Waals surface area contributed by atoms with Gasteiger partial charge in [0.15, 0.2) is 0 Å². The van der Waals surface area contributed by atoms with Gasteiger partial charge in [0.2, 0.25) is 5.91 Å². The fourth-order valence-corrected chi connectivity index (χ4v) is 3.45. The Bertz CT molecular complexity index is 348. The van der Waals surface area contributed by atoms with E-state index in [0.29, 0.717) is 12.8 Å². The molecule has 0 aromatic rings. The molecule has 0 aromatic heterocycles. The van der Waals surface area contributed by atoms with Crippen molar-refractivity contribution in [2.45, 2.75) is 19.3 Å². The number of aliphatic carboxylic acids is 1. The maximum atomic E-state index is 12.4. The normalized spacial score (nSPS) is 28.8. The fraction of sp³-hybridized carbons (Fsp3) is 0.692. The zero-order chi connectivity index (χ0) is 13.0. The molecule has 1 amide bonds. The molecule has 1 N–H and O–H groups in total. The molecule has 2 unspecified atom stereocenters. The minimum atomic E-state index is -0.845. The molecule has 4 nitrogen and oxygen atoms in total. The zero-order valence-electron chi connectivity index (χ0n) is 10.4. The number of rotatable bonds is 2. The lowest BCUT2D eigenvalue weighted by molar-refractivity contribution is -0.150. The number of allylic oxidation sites excluding steroid dienone is 2. The Labute approximate surface area is 111 Å². The molecule has 5 heteroatoms. The average Bonchev–Trinajstić information content (AvgIpc) is 2.66. The highest BCUT2D eigenvalue weighted by Crippen LogP contribution is 2.28. The summed E-state index contributed by atoms with van der Waals surface area (Å²) >= 11 is 1.87. The predicted octanol–water partition coefficient (Wildman–Crippen LogP) is 1.62. The third-order valence-electron chi connectivity index (χ3n) is 3.60. The molecule has 0 saturated carbocycles. The molecule has 2 rings (SSSR count). The summed E-state index contributed by atoms with van der Waals surface area (Å²) in [6.45, 7) is 1.54. The Morgan fingerprint density at radius 3 is 2.56 bits per heavy atom. The summed E-state index contributed by atoms with van der Waals surface area (Å²) in [4.78, 5) is 25.5. The first-order chi connectivity index (χ1) is 8.70. The van der Waals surface area contributed by atoms with Crippen molar-refractivity contribution in [2.75, 3.05) is 24.6 Å². The molecule has 0 aromatic carbocycles. The highest BCUT2D eigenvalue weighted by molar-refractivity contribution is 7.99.